The Balaban J connectivity index is 2.01. The minimum atomic E-state index is -0.298. The summed E-state index contributed by atoms with van der Waals surface area (Å²) in [5.41, 5.74) is 0.655. The minimum Gasteiger partial charge on any atom is -0.450 e. The van der Waals surface area contributed by atoms with Crippen LogP contribution in [0.25, 0.3) is 0 Å². The number of rotatable bonds is 2. The first-order valence-corrected chi connectivity index (χ1v) is 7.88. The Bertz CT molecular complexity index is 521. The molecule has 0 N–H and O–H groups in total. The Kier molecular flexibility index (Phi) is 5.61. The lowest BCUT2D eigenvalue weighted by atomic mass is 10.2. The van der Waals surface area contributed by atoms with Gasteiger partial charge in [0.25, 0.3) is 5.91 Å². The topological polar surface area (TPSA) is 49.9 Å². The van der Waals surface area contributed by atoms with E-state index in [1.807, 2.05) is 18.2 Å². The predicted octanol–water partition coefficient (Wildman–Crippen LogP) is 2.75. The molecule has 1 aromatic rings. The van der Waals surface area contributed by atoms with Gasteiger partial charge >= 0.3 is 6.09 Å². The molecular weight excluding hydrogens is 336 g/mol. The lowest BCUT2D eigenvalue weighted by Crippen LogP contribution is -2.37. The molecule has 0 radical (unpaired) electrons. The third kappa shape index (κ3) is 3.97. The Hall–Kier alpha value is -1.56. The van der Waals surface area contributed by atoms with Gasteiger partial charge in [0.05, 0.1) is 12.2 Å². The van der Waals surface area contributed by atoms with Crippen molar-refractivity contribution in [3.05, 3.63) is 34.3 Å². The van der Waals surface area contributed by atoms with Crippen LogP contribution in [0.15, 0.2) is 28.7 Å². The van der Waals surface area contributed by atoms with Gasteiger partial charge in [0, 0.05) is 30.7 Å². The lowest BCUT2D eigenvalue weighted by Gasteiger charge is -2.22. The van der Waals surface area contributed by atoms with Crippen molar-refractivity contribution in [3.8, 4) is 0 Å². The fraction of sp³-hybridized carbons (Fsp3) is 0.467. The molecule has 2 rings (SSSR count). The first-order valence-electron chi connectivity index (χ1n) is 7.09. The van der Waals surface area contributed by atoms with Crippen LogP contribution in [-0.4, -0.2) is 54.6 Å². The Morgan fingerprint density at radius 1 is 1.14 bits per heavy atom. The van der Waals surface area contributed by atoms with E-state index in [1.54, 1.807) is 22.8 Å². The highest BCUT2D eigenvalue weighted by Crippen LogP contribution is 2.19. The Labute approximate surface area is 133 Å². The standard InChI is InChI=1S/C15H19BrN2O3/c1-2-21-15(20)18-9-5-8-17(10-11-18)14(19)12-6-3-4-7-13(12)16/h3-4,6-7H,2,5,8-11H2,1H3. The molecule has 0 atom stereocenters. The van der Waals surface area contributed by atoms with Crippen LogP contribution in [0.2, 0.25) is 0 Å². The molecule has 0 aromatic heterocycles. The van der Waals surface area contributed by atoms with E-state index in [4.69, 9.17) is 4.74 Å². The minimum absolute atomic E-state index is 0.00631. The zero-order valence-electron chi connectivity index (χ0n) is 12.0. The fourth-order valence-corrected chi connectivity index (χ4v) is 2.78. The molecule has 0 bridgehead atoms. The zero-order valence-corrected chi connectivity index (χ0v) is 13.6. The van der Waals surface area contributed by atoms with Crippen LogP contribution in [0, 0.1) is 0 Å². The molecule has 0 unspecified atom stereocenters. The van der Waals surface area contributed by atoms with Crippen molar-refractivity contribution in [1.82, 2.24) is 9.80 Å². The van der Waals surface area contributed by atoms with Crippen LogP contribution in [0.3, 0.4) is 0 Å². The van der Waals surface area contributed by atoms with Gasteiger partial charge in [-0.2, -0.15) is 0 Å². The summed E-state index contributed by atoms with van der Waals surface area (Å²) < 4.78 is 5.81. The highest BCUT2D eigenvalue weighted by molar-refractivity contribution is 9.10. The second kappa shape index (κ2) is 7.45. The number of nitrogens with zero attached hydrogens (tertiary/aromatic N) is 2. The highest BCUT2D eigenvalue weighted by Gasteiger charge is 2.24. The molecule has 1 aliphatic heterocycles. The third-order valence-electron chi connectivity index (χ3n) is 3.41. The van der Waals surface area contributed by atoms with Crippen LogP contribution < -0.4 is 0 Å². The van der Waals surface area contributed by atoms with Gasteiger partial charge in [-0.1, -0.05) is 12.1 Å². The largest absolute Gasteiger partial charge is 0.450 e. The molecule has 21 heavy (non-hydrogen) atoms. The third-order valence-corrected chi connectivity index (χ3v) is 4.10. The first kappa shape index (κ1) is 15.8. The van der Waals surface area contributed by atoms with Crippen LogP contribution >= 0.6 is 15.9 Å². The summed E-state index contributed by atoms with van der Waals surface area (Å²) in [4.78, 5) is 27.7. The number of hydrogen-bond donors (Lipinski definition) is 0. The van der Waals surface area contributed by atoms with E-state index in [2.05, 4.69) is 15.9 Å². The van der Waals surface area contributed by atoms with Crippen LogP contribution in [0.4, 0.5) is 4.79 Å². The fourth-order valence-electron chi connectivity index (χ4n) is 2.32. The van der Waals surface area contributed by atoms with Crippen molar-refractivity contribution in [2.45, 2.75) is 13.3 Å². The smallest absolute Gasteiger partial charge is 0.409 e. The average molecular weight is 355 g/mol. The SMILES string of the molecule is CCOC(=O)N1CCCN(C(=O)c2ccccc2Br)CC1. The number of ether oxygens (including phenoxy) is 1. The van der Waals surface area contributed by atoms with E-state index in [0.29, 0.717) is 38.3 Å². The number of hydrogen-bond acceptors (Lipinski definition) is 3. The number of halogens is 1. The number of carbonyl (C=O) groups excluding carboxylic acids is 2. The van der Waals surface area contributed by atoms with Gasteiger partial charge in [0.2, 0.25) is 0 Å². The second-order valence-corrected chi connectivity index (χ2v) is 5.67. The second-order valence-electron chi connectivity index (χ2n) is 4.81. The van der Waals surface area contributed by atoms with Gasteiger partial charge in [-0.05, 0) is 41.4 Å². The van der Waals surface area contributed by atoms with Gasteiger partial charge in [0.15, 0.2) is 0 Å². The van der Waals surface area contributed by atoms with E-state index in [0.717, 1.165) is 10.9 Å². The number of benzene rings is 1. The molecule has 1 fully saturated rings. The van der Waals surface area contributed by atoms with Gasteiger partial charge in [0.1, 0.15) is 0 Å². The predicted molar refractivity (Wildman–Crippen MR) is 83.3 cm³/mol. The molecule has 5 nitrogen and oxygen atoms in total. The van der Waals surface area contributed by atoms with Gasteiger partial charge in [-0.25, -0.2) is 4.79 Å². The van der Waals surface area contributed by atoms with Crippen molar-refractivity contribution in [2.24, 2.45) is 0 Å². The summed E-state index contributed by atoms with van der Waals surface area (Å²) in [5.74, 6) is -0.00631. The summed E-state index contributed by atoms with van der Waals surface area (Å²) in [7, 11) is 0. The maximum atomic E-state index is 12.5. The highest BCUT2D eigenvalue weighted by atomic mass is 79.9. The molecule has 1 saturated heterocycles. The number of amides is 2. The maximum Gasteiger partial charge on any atom is 0.409 e. The summed E-state index contributed by atoms with van der Waals surface area (Å²) in [5, 5.41) is 0. The Morgan fingerprint density at radius 2 is 1.81 bits per heavy atom. The van der Waals surface area contributed by atoms with Gasteiger partial charge < -0.3 is 14.5 Å². The normalized spacial score (nSPS) is 15.5. The van der Waals surface area contributed by atoms with E-state index in [9.17, 15) is 9.59 Å². The van der Waals surface area contributed by atoms with Crippen LogP contribution in [0.5, 0.6) is 0 Å². The van der Waals surface area contributed by atoms with E-state index >= 15 is 0 Å². The number of carbonyl (C=O) groups is 2. The molecule has 0 saturated carbocycles. The molecule has 6 heteroatoms. The summed E-state index contributed by atoms with van der Waals surface area (Å²) >= 11 is 3.41. The van der Waals surface area contributed by atoms with Gasteiger partial charge in [-0.3, -0.25) is 4.79 Å². The van der Waals surface area contributed by atoms with E-state index in [-0.39, 0.29) is 12.0 Å². The summed E-state index contributed by atoms with van der Waals surface area (Å²) in [6.45, 7) is 4.47. The van der Waals surface area contributed by atoms with Crippen molar-refractivity contribution in [1.29, 1.82) is 0 Å². The maximum absolute atomic E-state index is 12.5. The summed E-state index contributed by atoms with van der Waals surface area (Å²) in [6, 6.07) is 7.39. The molecule has 114 valence electrons. The molecule has 0 aliphatic carbocycles. The van der Waals surface area contributed by atoms with Crippen molar-refractivity contribution in [3.63, 3.8) is 0 Å². The summed E-state index contributed by atoms with van der Waals surface area (Å²) in [6.07, 6.45) is 0.461. The molecular formula is C15H19BrN2O3. The van der Waals surface area contributed by atoms with E-state index in [1.165, 1.54) is 0 Å². The molecule has 1 aliphatic rings. The zero-order chi connectivity index (χ0) is 15.2. The monoisotopic (exact) mass is 354 g/mol. The van der Waals surface area contributed by atoms with Crippen molar-refractivity contribution >= 4 is 27.9 Å². The van der Waals surface area contributed by atoms with Crippen LogP contribution in [-0.2, 0) is 4.74 Å². The molecule has 0 spiro atoms. The lowest BCUT2D eigenvalue weighted by molar-refractivity contribution is 0.0752. The molecule has 1 aromatic carbocycles. The molecule has 2 amide bonds. The van der Waals surface area contributed by atoms with Crippen molar-refractivity contribution < 1.29 is 14.3 Å². The average Bonchev–Trinajstić information content (AvgIpc) is 2.73. The first-order chi connectivity index (χ1) is 10.1. The Morgan fingerprint density at radius 3 is 2.52 bits per heavy atom. The van der Waals surface area contributed by atoms with E-state index < -0.39 is 0 Å². The van der Waals surface area contributed by atoms with Crippen LogP contribution in [0.1, 0.15) is 23.7 Å². The molecule has 1 heterocycles. The quantitative estimate of drug-likeness (QED) is 0.820. The van der Waals surface area contributed by atoms with Gasteiger partial charge in [-0.15, -0.1) is 0 Å². The van der Waals surface area contributed by atoms with Crippen molar-refractivity contribution in [2.75, 3.05) is 32.8 Å².